The van der Waals surface area contributed by atoms with E-state index in [9.17, 15) is 4.79 Å². The highest BCUT2D eigenvalue weighted by molar-refractivity contribution is 9.11. The molecule has 146 valence electrons. The number of benzene rings is 2. The summed E-state index contributed by atoms with van der Waals surface area (Å²) >= 11 is 8.38. The van der Waals surface area contributed by atoms with Crippen LogP contribution < -0.4 is 5.32 Å². The number of anilines is 1. The Morgan fingerprint density at radius 1 is 1.07 bits per heavy atom. The Bertz CT molecular complexity index is 979. The summed E-state index contributed by atoms with van der Waals surface area (Å²) in [6.45, 7) is 6.83. The molecule has 1 N–H and O–H groups in total. The minimum absolute atomic E-state index is 0.0993. The van der Waals surface area contributed by atoms with Gasteiger partial charge in [-0.25, -0.2) is 0 Å². The normalized spacial score (nSPS) is 10.9. The predicted molar refractivity (Wildman–Crippen MR) is 122 cm³/mol. The van der Waals surface area contributed by atoms with Gasteiger partial charge in [0, 0.05) is 21.1 Å². The molecule has 1 aromatic heterocycles. The minimum atomic E-state index is -0.0993. The molecule has 28 heavy (non-hydrogen) atoms. The van der Waals surface area contributed by atoms with E-state index >= 15 is 0 Å². The highest BCUT2D eigenvalue weighted by atomic mass is 79.9. The molecule has 0 saturated carbocycles. The van der Waals surface area contributed by atoms with Crippen molar-refractivity contribution in [3.8, 4) is 11.4 Å². The fourth-order valence-corrected chi connectivity index (χ4v) is 5.14. The SMILES string of the molecule is CCn1c(SCC(=O)Nc2c(Br)cc(C)cc2Br)nnc1-c1ccc(C)cc1. The van der Waals surface area contributed by atoms with Crippen LogP contribution >= 0.6 is 43.6 Å². The van der Waals surface area contributed by atoms with E-state index in [1.807, 2.05) is 42.7 Å². The molecule has 0 aliphatic rings. The third kappa shape index (κ3) is 4.85. The Morgan fingerprint density at radius 2 is 1.71 bits per heavy atom. The van der Waals surface area contributed by atoms with Crippen LogP contribution in [-0.2, 0) is 11.3 Å². The van der Waals surface area contributed by atoms with Gasteiger partial charge in [0.25, 0.3) is 0 Å². The molecular weight excluding hydrogens is 504 g/mol. The molecule has 0 spiro atoms. The average Bonchev–Trinajstić information content (AvgIpc) is 3.06. The van der Waals surface area contributed by atoms with Crippen LogP contribution in [-0.4, -0.2) is 26.4 Å². The van der Waals surface area contributed by atoms with Gasteiger partial charge in [-0.3, -0.25) is 4.79 Å². The molecule has 3 aromatic rings. The number of carbonyl (C=O) groups is 1. The molecule has 8 heteroatoms. The zero-order valence-corrected chi connectivity index (χ0v) is 19.8. The first-order valence-electron chi connectivity index (χ1n) is 8.77. The third-order valence-corrected chi connectivity index (χ3v) is 6.34. The number of amides is 1. The van der Waals surface area contributed by atoms with Gasteiger partial charge < -0.3 is 9.88 Å². The van der Waals surface area contributed by atoms with E-state index in [1.54, 1.807) is 0 Å². The zero-order chi connectivity index (χ0) is 20.3. The van der Waals surface area contributed by atoms with Crippen molar-refractivity contribution in [2.45, 2.75) is 32.5 Å². The Morgan fingerprint density at radius 3 is 2.32 bits per heavy atom. The van der Waals surface area contributed by atoms with Gasteiger partial charge in [-0.2, -0.15) is 0 Å². The van der Waals surface area contributed by atoms with Crippen molar-refractivity contribution in [3.05, 3.63) is 56.5 Å². The number of nitrogens with one attached hydrogen (secondary N) is 1. The summed E-state index contributed by atoms with van der Waals surface area (Å²) in [6, 6.07) is 12.1. The Kier molecular flexibility index (Phi) is 6.95. The summed E-state index contributed by atoms with van der Waals surface area (Å²) in [6.07, 6.45) is 0. The quantitative estimate of drug-likeness (QED) is 0.412. The van der Waals surface area contributed by atoms with Crippen LogP contribution in [0.25, 0.3) is 11.4 Å². The van der Waals surface area contributed by atoms with Gasteiger partial charge in [-0.1, -0.05) is 41.6 Å². The fraction of sp³-hybridized carbons (Fsp3) is 0.250. The number of aromatic nitrogens is 3. The molecule has 5 nitrogen and oxygen atoms in total. The van der Waals surface area contributed by atoms with Crippen molar-refractivity contribution in [2.24, 2.45) is 0 Å². The van der Waals surface area contributed by atoms with E-state index in [0.29, 0.717) is 0 Å². The number of aryl methyl sites for hydroxylation is 2. The van der Waals surface area contributed by atoms with Crippen LogP contribution in [0.15, 0.2) is 50.5 Å². The number of hydrogen-bond acceptors (Lipinski definition) is 4. The lowest BCUT2D eigenvalue weighted by Crippen LogP contribution is -2.15. The first kappa shape index (κ1) is 21.1. The molecule has 0 saturated heterocycles. The highest BCUT2D eigenvalue weighted by Crippen LogP contribution is 2.32. The molecule has 0 unspecified atom stereocenters. The molecule has 0 fully saturated rings. The molecule has 0 atom stereocenters. The second kappa shape index (κ2) is 9.24. The Labute approximate surface area is 185 Å². The van der Waals surface area contributed by atoms with Crippen molar-refractivity contribution in [1.29, 1.82) is 0 Å². The lowest BCUT2D eigenvalue weighted by molar-refractivity contribution is -0.113. The van der Waals surface area contributed by atoms with Crippen molar-refractivity contribution < 1.29 is 4.79 Å². The summed E-state index contributed by atoms with van der Waals surface area (Å²) < 4.78 is 3.72. The average molecular weight is 524 g/mol. The maximum absolute atomic E-state index is 12.5. The largest absolute Gasteiger partial charge is 0.323 e. The number of halogens is 2. The molecule has 1 heterocycles. The van der Waals surface area contributed by atoms with Gasteiger partial charge in [0.15, 0.2) is 11.0 Å². The van der Waals surface area contributed by atoms with Gasteiger partial charge >= 0.3 is 0 Å². The smallest absolute Gasteiger partial charge is 0.234 e. The van der Waals surface area contributed by atoms with E-state index < -0.39 is 0 Å². The Balaban J connectivity index is 1.71. The van der Waals surface area contributed by atoms with Gasteiger partial charge in [-0.15, -0.1) is 10.2 Å². The molecule has 0 aliphatic heterocycles. The lowest BCUT2D eigenvalue weighted by Gasteiger charge is -2.11. The van der Waals surface area contributed by atoms with E-state index in [-0.39, 0.29) is 11.7 Å². The molecule has 0 aliphatic carbocycles. The zero-order valence-electron chi connectivity index (χ0n) is 15.8. The number of carbonyl (C=O) groups excluding carboxylic acids is 1. The molecule has 0 bridgehead atoms. The van der Waals surface area contributed by atoms with Gasteiger partial charge in [0.2, 0.25) is 5.91 Å². The third-order valence-electron chi connectivity index (χ3n) is 4.13. The van der Waals surface area contributed by atoms with Crippen LogP contribution in [0.4, 0.5) is 5.69 Å². The first-order chi connectivity index (χ1) is 13.4. The topological polar surface area (TPSA) is 59.8 Å². The van der Waals surface area contributed by atoms with Crippen molar-refractivity contribution in [2.75, 3.05) is 11.1 Å². The van der Waals surface area contributed by atoms with E-state index in [2.05, 4.69) is 66.4 Å². The molecule has 3 rings (SSSR count). The van der Waals surface area contributed by atoms with E-state index in [1.165, 1.54) is 17.3 Å². The number of thioether (sulfide) groups is 1. The highest BCUT2D eigenvalue weighted by Gasteiger charge is 2.16. The number of rotatable bonds is 6. The molecule has 1 amide bonds. The summed E-state index contributed by atoms with van der Waals surface area (Å²) in [5.74, 6) is 0.964. The number of nitrogens with zero attached hydrogens (tertiary/aromatic N) is 3. The van der Waals surface area contributed by atoms with Crippen LogP contribution in [0.5, 0.6) is 0 Å². The summed E-state index contributed by atoms with van der Waals surface area (Å²) in [4.78, 5) is 12.5. The second-order valence-electron chi connectivity index (χ2n) is 6.36. The fourth-order valence-electron chi connectivity index (χ4n) is 2.72. The maximum Gasteiger partial charge on any atom is 0.234 e. The van der Waals surface area contributed by atoms with Gasteiger partial charge in [0.05, 0.1) is 11.4 Å². The van der Waals surface area contributed by atoms with Crippen LogP contribution in [0.3, 0.4) is 0 Å². The van der Waals surface area contributed by atoms with Crippen LogP contribution in [0.2, 0.25) is 0 Å². The summed E-state index contributed by atoms with van der Waals surface area (Å²) in [7, 11) is 0. The first-order valence-corrected chi connectivity index (χ1v) is 11.3. The van der Waals surface area contributed by atoms with Crippen LogP contribution in [0.1, 0.15) is 18.1 Å². The van der Waals surface area contributed by atoms with Crippen molar-refractivity contribution >= 4 is 55.2 Å². The number of hydrogen-bond donors (Lipinski definition) is 1. The van der Waals surface area contributed by atoms with Crippen molar-refractivity contribution in [3.63, 3.8) is 0 Å². The molecule has 2 aromatic carbocycles. The maximum atomic E-state index is 12.5. The van der Waals surface area contributed by atoms with Crippen LogP contribution in [0, 0.1) is 13.8 Å². The second-order valence-corrected chi connectivity index (χ2v) is 9.01. The standard InChI is InChI=1S/C20H20Br2N4OS/c1-4-26-19(14-7-5-12(2)6-8-14)24-25-20(26)28-11-17(27)23-18-15(21)9-13(3)10-16(18)22/h5-10H,4,11H2,1-3H3,(H,23,27). The molecular formula is C20H20Br2N4OS. The summed E-state index contributed by atoms with van der Waals surface area (Å²) in [5.41, 5.74) is 4.05. The van der Waals surface area contributed by atoms with E-state index in [0.717, 1.165) is 43.3 Å². The lowest BCUT2D eigenvalue weighted by atomic mass is 10.1. The monoisotopic (exact) mass is 522 g/mol. The van der Waals surface area contributed by atoms with E-state index in [4.69, 9.17) is 0 Å². The summed E-state index contributed by atoms with van der Waals surface area (Å²) in [5, 5.41) is 12.3. The molecule has 0 radical (unpaired) electrons. The van der Waals surface area contributed by atoms with Gasteiger partial charge in [0.1, 0.15) is 0 Å². The van der Waals surface area contributed by atoms with Crippen molar-refractivity contribution in [1.82, 2.24) is 14.8 Å². The predicted octanol–water partition coefficient (Wildman–Crippen LogP) is 5.84. The van der Waals surface area contributed by atoms with Gasteiger partial charge in [-0.05, 0) is 70.3 Å². The Hall–Kier alpha value is -1.64. The minimum Gasteiger partial charge on any atom is -0.323 e.